The second-order valence-corrected chi connectivity index (χ2v) is 4.95. The first kappa shape index (κ1) is 14.9. The van der Waals surface area contributed by atoms with Crippen molar-refractivity contribution in [3.63, 3.8) is 0 Å². The van der Waals surface area contributed by atoms with E-state index in [2.05, 4.69) is 10.3 Å². The maximum absolute atomic E-state index is 12.0. The van der Waals surface area contributed by atoms with Crippen molar-refractivity contribution in [1.29, 1.82) is 0 Å². The number of carbonyl (C=O) groups is 1. The van der Waals surface area contributed by atoms with Crippen molar-refractivity contribution in [2.75, 3.05) is 0 Å². The summed E-state index contributed by atoms with van der Waals surface area (Å²) in [5, 5.41) is 2.82. The average molecular weight is 286 g/mol. The van der Waals surface area contributed by atoms with Gasteiger partial charge in [-0.05, 0) is 38.1 Å². The third kappa shape index (κ3) is 3.55. The van der Waals surface area contributed by atoms with Crippen LogP contribution in [0.15, 0.2) is 47.7 Å². The number of nitrogens with zero attached hydrogens (tertiary/aromatic N) is 2. The fourth-order valence-electron chi connectivity index (χ4n) is 1.76. The Balaban J connectivity index is 2.18. The Labute approximate surface area is 122 Å². The van der Waals surface area contributed by atoms with Crippen molar-refractivity contribution in [3.8, 4) is 5.69 Å². The number of hydrogen-bond donors (Lipinski definition) is 2. The van der Waals surface area contributed by atoms with E-state index in [0.717, 1.165) is 0 Å². The number of hydrogen-bond acceptors (Lipinski definition) is 4. The minimum atomic E-state index is -0.222. The summed E-state index contributed by atoms with van der Waals surface area (Å²) in [5.41, 5.74) is 6.70. The Morgan fingerprint density at radius 1 is 1.29 bits per heavy atom. The summed E-state index contributed by atoms with van der Waals surface area (Å²) in [4.78, 5) is 27.5. The van der Waals surface area contributed by atoms with Crippen LogP contribution in [0.25, 0.3) is 5.69 Å². The van der Waals surface area contributed by atoms with Crippen LogP contribution < -0.4 is 16.6 Å². The SMILES string of the molecule is CC(N)C(C)NC(=O)c1ccc(-n2ccncc2=O)cc1. The van der Waals surface area contributed by atoms with Gasteiger partial charge in [-0.1, -0.05) is 0 Å². The third-order valence-electron chi connectivity index (χ3n) is 3.28. The molecule has 110 valence electrons. The summed E-state index contributed by atoms with van der Waals surface area (Å²) < 4.78 is 1.46. The monoisotopic (exact) mass is 286 g/mol. The number of amides is 1. The number of carbonyl (C=O) groups excluding carboxylic acids is 1. The highest BCUT2D eigenvalue weighted by molar-refractivity contribution is 5.94. The van der Waals surface area contributed by atoms with Gasteiger partial charge in [0.15, 0.2) is 0 Å². The lowest BCUT2D eigenvalue weighted by molar-refractivity contribution is 0.0936. The molecule has 1 aromatic heterocycles. The van der Waals surface area contributed by atoms with Gasteiger partial charge in [0.1, 0.15) is 0 Å². The van der Waals surface area contributed by atoms with Crippen LogP contribution >= 0.6 is 0 Å². The predicted octanol–water partition coefficient (Wildman–Crippen LogP) is 0.698. The largest absolute Gasteiger partial charge is 0.348 e. The predicted molar refractivity (Wildman–Crippen MR) is 80.4 cm³/mol. The lowest BCUT2D eigenvalue weighted by atomic mass is 10.1. The molecule has 0 radical (unpaired) electrons. The smallest absolute Gasteiger partial charge is 0.273 e. The topological polar surface area (TPSA) is 90.0 Å². The van der Waals surface area contributed by atoms with Crippen molar-refractivity contribution >= 4 is 5.91 Å². The summed E-state index contributed by atoms with van der Waals surface area (Å²) in [6.07, 6.45) is 4.35. The Morgan fingerprint density at radius 3 is 2.52 bits per heavy atom. The van der Waals surface area contributed by atoms with Crippen LogP contribution in [-0.4, -0.2) is 27.5 Å². The molecule has 6 nitrogen and oxygen atoms in total. The molecule has 3 N–H and O–H groups in total. The second-order valence-electron chi connectivity index (χ2n) is 4.95. The van der Waals surface area contributed by atoms with Crippen molar-refractivity contribution in [1.82, 2.24) is 14.9 Å². The second kappa shape index (κ2) is 6.32. The summed E-state index contributed by atoms with van der Waals surface area (Å²) in [6, 6.07) is 6.54. The first-order valence-corrected chi connectivity index (χ1v) is 6.68. The molecule has 2 rings (SSSR count). The minimum Gasteiger partial charge on any atom is -0.348 e. The van der Waals surface area contributed by atoms with Crippen molar-refractivity contribution < 1.29 is 4.79 Å². The lowest BCUT2D eigenvalue weighted by Gasteiger charge is -2.17. The van der Waals surface area contributed by atoms with Crippen LogP contribution in [0.2, 0.25) is 0 Å². The molecule has 1 amide bonds. The van der Waals surface area contributed by atoms with Crippen LogP contribution in [0.4, 0.5) is 0 Å². The highest BCUT2D eigenvalue weighted by atomic mass is 16.1. The van der Waals surface area contributed by atoms with E-state index in [1.807, 2.05) is 13.8 Å². The van der Waals surface area contributed by atoms with Gasteiger partial charge in [-0.25, -0.2) is 0 Å². The highest BCUT2D eigenvalue weighted by Gasteiger charge is 2.12. The van der Waals surface area contributed by atoms with Crippen LogP contribution in [0, 0.1) is 0 Å². The molecule has 0 aliphatic carbocycles. The van der Waals surface area contributed by atoms with Crippen LogP contribution in [0.1, 0.15) is 24.2 Å². The van der Waals surface area contributed by atoms with Crippen LogP contribution in [0.5, 0.6) is 0 Å². The molecule has 0 spiro atoms. The minimum absolute atomic E-state index is 0.111. The van der Waals surface area contributed by atoms with E-state index >= 15 is 0 Å². The van der Waals surface area contributed by atoms with E-state index in [-0.39, 0.29) is 23.6 Å². The molecule has 2 atom stereocenters. The molecule has 1 aromatic carbocycles. The summed E-state index contributed by atoms with van der Waals surface area (Å²) in [6.45, 7) is 3.69. The molecule has 2 aromatic rings. The number of benzene rings is 1. The van der Waals surface area contributed by atoms with E-state index in [1.165, 1.54) is 17.0 Å². The fraction of sp³-hybridized carbons (Fsp3) is 0.267. The zero-order valence-electron chi connectivity index (χ0n) is 12.0. The zero-order chi connectivity index (χ0) is 15.4. The van der Waals surface area contributed by atoms with Crippen molar-refractivity contribution in [2.45, 2.75) is 25.9 Å². The van der Waals surface area contributed by atoms with Crippen LogP contribution in [-0.2, 0) is 0 Å². The molecule has 2 unspecified atom stereocenters. The van der Waals surface area contributed by atoms with E-state index in [4.69, 9.17) is 5.73 Å². The molecule has 0 saturated heterocycles. The van der Waals surface area contributed by atoms with E-state index < -0.39 is 0 Å². The Hall–Kier alpha value is -2.47. The number of nitrogens with two attached hydrogens (primary N) is 1. The van der Waals surface area contributed by atoms with Gasteiger partial charge < -0.3 is 11.1 Å². The molecule has 0 bridgehead atoms. The lowest BCUT2D eigenvalue weighted by Crippen LogP contribution is -2.43. The highest BCUT2D eigenvalue weighted by Crippen LogP contribution is 2.08. The van der Waals surface area contributed by atoms with E-state index in [0.29, 0.717) is 11.3 Å². The van der Waals surface area contributed by atoms with Gasteiger partial charge in [0.05, 0.1) is 6.20 Å². The van der Waals surface area contributed by atoms with E-state index in [9.17, 15) is 9.59 Å². The third-order valence-corrected chi connectivity index (χ3v) is 3.28. The molecular weight excluding hydrogens is 268 g/mol. The normalized spacial score (nSPS) is 13.5. The fourth-order valence-corrected chi connectivity index (χ4v) is 1.76. The Kier molecular flexibility index (Phi) is 4.49. The summed E-state index contributed by atoms with van der Waals surface area (Å²) in [7, 11) is 0. The van der Waals surface area contributed by atoms with Crippen molar-refractivity contribution in [3.05, 3.63) is 58.8 Å². The first-order chi connectivity index (χ1) is 9.99. The maximum atomic E-state index is 12.0. The van der Waals surface area contributed by atoms with Crippen LogP contribution in [0.3, 0.4) is 0 Å². The van der Waals surface area contributed by atoms with Gasteiger partial charge in [-0.3, -0.25) is 19.1 Å². The Bertz CT molecular complexity index is 677. The van der Waals surface area contributed by atoms with Gasteiger partial charge in [-0.15, -0.1) is 0 Å². The zero-order valence-corrected chi connectivity index (χ0v) is 12.0. The van der Waals surface area contributed by atoms with Crippen molar-refractivity contribution in [2.24, 2.45) is 5.73 Å². The van der Waals surface area contributed by atoms with Gasteiger partial charge in [0.25, 0.3) is 11.5 Å². The molecule has 0 fully saturated rings. The summed E-state index contributed by atoms with van der Waals surface area (Å²) >= 11 is 0. The van der Waals surface area contributed by atoms with Gasteiger partial charge >= 0.3 is 0 Å². The van der Waals surface area contributed by atoms with Gasteiger partial charge in [0.2, 0.25) is 0 Å². The molecule has 0 saturated carbocycles. The Morgan fingerprint density at radius 2 is 1.95 bits per heavy atom. The standard InChI is InChI=1S/C15H18N4O2/c1-10(16)11(2)18-15(21)12-3-5-13(6-4-12)19-8-7-17-9-14(19)20/h3-11H,16H2,1-2H3,(H,18,21). The number of rotatable bonds is 4. The molecular formula is C15H18N4O2. The van der Waals surface area contributed by atoms with Gasteiger partial charge in [-0.2, -0.15) is 0 Å². The van der Waals surface area contributed by atoms with E-state index in [1.54, 1.807) is 30.5 Å². The first-order valence-electron chi connectivity index (χ1n) is 6.68. The number of nitrogens with one attached hydrogen (secondary N) is 1. The molecule has 6 heteroatoms. The summed E-state index contributed by atoms with van der Waals surface area (Å²) in [5.74, 6) is -0.187. The molecule has 0 aliphatic heterocycles. The number of aromatic nitrogens is 2. The van der Waals surface area contributed by atoms with Gasteiger partial charge in [0, 0.05) is 35.7 Å². The maximum Gasteiger partial charge on any atom is 0.273 e. The quantitative estimate of drug-likeness (QED) is 0.865. The molecule has 21 heavy (non-hydrogen) atoms. The molecule has 1 heterocycles. The average Bonchev–Trinajstić information content (AvgIpc) is 2.47. The molecule has 0 aliphatic rings.